The maximum Gasteiger partial charge on any atom is 0.201 e. The summed E-state index contributed by atoms with van der Waals surface area (Å²) >= 11 is 5.62. The molecule has 0 aliphatic heterocycles. The van der Waals surface area contributed by atoms with Gasteiger partial charge in [-0.3, -0.25) is 4.79 Å². The van der Waals surface area contributed by atoms with E-state index < -0.39 is 0 Å². The Morgan fingerprint density at radius 3 is 2.57 bits per heavy atom. The predicted octanol–water partition coefficient (Wildman–Crippen LogP) is 3.70. The number of furan rings is 1. The Morgan fingerprint density at radius 2 is 2.00 bits per heavy atom. The summed E-state index contributed by atoms with van der Waals surface area (Å²) in [5.74, 6) is 0.699. The monoisotopic (exact) mass is 212 g/mol. The van der Waals surface area contributed by atoms with Crippen molar-refractivity contribution in [3.63, 3.8) is 0 Å². The summed E-state index contributed by atoms with van der Waals surface area (Å²) in [7, 11) is 0. The Bertz CT molecular complexity index is 324. The van der Waals surface area contributed by atoms with Crippen molar-refractivity contribution in [2.75, 3.05) is 0 Å². The molecule has 1 aliphatic rings. The summed E-state index contributed by atoms with van der Waals surface area (Å²) < 4.78 is 5.11. The van der Waals surface area contributed by atoms with E-state index in [4.69, 9.17) is 16.0 Å². The highest BCUT2D eigenvalue weighted by atomic mass is 35.5. The van der Waals surface area contributed by atoms with Gasteiger partial charge in [-0.1, -0.05) is 19.3 Å². The van der Waals surface area contributed by atoms with Gasteiger partial charge in [0, 0.05) is 5.92 Å². The van der Waals surface area contributed by atoms with E-state index in [1.165, 1.54) is 6.42 Å². The molecule has 0 atom stereocenters. The molecule has 0 spiro atoms. The highest BCUT2D eigenvalue weighted by Gasteiger charge is 2.24. The standard InChI is InChI=1S/C11H13ClO2/c12-10-7-6-9(14-10)11(13)8-4-2-1-3-5-8/h6-8H,1-5H2. The molecule has 1 saturated carbocycles. The molecular formula is C11H13ClO2. The van der Waals surface area contributed by atoms with Crippen molar-refractivity contribution in [2.45, 2.75) is 32.1 Å². The number of carbonyl (C=O) groups is 1. The van der Waals surface area contributed by atoms with E-state index >= 15 is 0 Å². The normalized spacial score (nSPS) is 18.4. The Hall–Kier alpha value is -0.760. The number of ketones is 1. The third-order valence-electron chi connectivity index (χ3n) is 2.79. The molecule has 0 unspecified atom stereocenters. The molecule has 1 fully saturated rings. The van der Waals surface area contributed by atoms with Crippen molar-refractivity contribution < 1.29 is 9.21 Å². The minimum absolute atomic E-state index is 0.122. The van der Waals surface area contributed by atoms with Gasteiger partial charge in [-0.2, -0.15) is 0 Å². The fraction of sp³-hybridized carbons (Fsp3) is 0.545. The van der Waals surface area contributed by atoms with Crippen molar-refractivity contribution in [1.82, 2.24) is 0 Å². The minimum Gasteiger partial charge on any atom is -0.442 e. The van der Waals surface area contributed by atoms with Gasteiger partial charge in [-0.15, -0.1) is 0 Å². The van der Waals surface area contributed by atoms with Crippen LogP contribution in [0.3, 0.4) is 0 Å². The van der Waals surface area contributed by atoms with Crippen LogP contribution in [0.15, 0.2) is 16.5 Å². The van der Waals surface area contributed by atoms with E-state index in [1.807, 2.05) is 0 Å². The van der Waals surface area contributed by atoms with E-state index in [0.29, 0.717) is 11.0 Å². The average molecular weight is 213 g/mol. The zero-order valence-electron chi connectivity index (χ0n) is 7.96. The molecule has 0 amide bonds. The van der Waals surface area contributed by atoms with Gasteiger partial charge >= 0.3 is 0 Å². The van der Waals surface area contributed by atoms with Crippen LogP contribution in [0, 0.1) is 5.92 Å². The molecule has 14 heavy (non-hydrogen) atoms. The Morgan fingerprint density at radius 1 is 1.29 bits per heavy atom. The quantitative estimate of drug-likeness (QED) is 0.700. The number of rotatable bonds is 2. The molecular weight excluding hydrogens is 200 g/mol. The highest BCUT2D eigenvalue weighted by molar-refractivity contribution is 6.29. The zero-order valence-corrected chi connectivity index (χ0v) is 8.72. The second-order valence-electron chi connectivity index (χ2n) is 3.80. The molecule has 1 aromatic rings. The van der Waals surface area contributed by atoms with Crippen LogP contribution in [-0.2, 0) is 0 Å². The molecule has 1 heterocycles. The molecule has 2 nitrogen and oxygen atoms in total. The van der Waals surface area contributed by atoms with Crippen LogP contribution in [0.4, 0.5) is 0 Å². The maximum absolute atomic E-state index is 11.9. The van der Waals surface area contributed by atoms with Crippen LogP contribution in [0.5, 0.6) is 0 Å². The molecule has 0 bridgehead atoms. The molecule has 0 N–H and O–H groups in total. The summed E-state index contributed by atoms with van der Waals surface area (Å²) in [5, 5.41) is 0.296. The summed E-state index contributed by atoms with van der Waals surface area (Å²) in [5.41, 5.74) is 0. The molecule has 0 aromatic carbocycles. The maximum atomic E-state index is 11.9. The van der Waals surface area contributed by atoms with Crippen LogP contribution in [0.2, 0.25) is 5.22 Å². The second kappa shape index (κ2) is 4.18. The van der Waals surface area contributed by atoms with E-state index in [0.717, 1.165) is 25.7 Å². The molecule has 2 rings (SSSR count). The van der Waals surface area contributed by atoms with Crippen LogP contribution in [0.1, 0.15) is 42.7 Å². The van der Waals surface area contributed by atoms with Crippen LogP contribution in [-0.4, -0.2) is 5.78 Å². The predicted molar refractivity (Wildman–Crippen MR) is 54.6 cm³/mol. The van der Waals surface area contributed by atoms with Crippen molar-refractivity contribution in [2.24, 2.45) is 5.92 Å². The summed E-state index contributed by atoms with van der Waals surface area (Å²) in [6.07, 6.45) is 5.56. The third-order valence-corrected chi connectivity index (χ3v) is 3.00. The number of halogens is 1. The van der Waals surface area contributed by atoms with Gasteiger partial charge in [0.25, 0.3) is 0 Å². The lowest BCUT2D eigenvalue weighted by atomic mass is 9.85. The Balaban J connectivity index is 2.07. The van der Waals surface area contributed by atoms with E-state index in [9.17, 15) is 4.79 Å². The molecule has 0 saturated heterocycles. The third kappa shape index (κ3) is 2.01. The average Bonchev–Trinajstić information content (AvgIpc) is 2.65. The molecule has 0 radical (unpaired) electrons. The van der Waals surface area contributed by atoms with Crippen LogP contribution in [0.25, 0.3) is 0 Å². The Kier molecular flexibility index (Phi) is 2.92. The lowest BCUT2D eigenvalue weighted by Crippen LogP contribution is -2.17. The first-order valence-electron chi connectivity index (χ1n) is 5.07. The Labute approximate surface area is 88.2 Å². The SMILES string of the molecule is O=C(c1ccc(Cl)o1)C1CCCCC1. The number of carbonyl (C=O) groups excluding carboxylic acids is 1. The molecule has 76 valence electrons. The smallest absolute Gasteiger partial charge is 0.201 e. The first-order valence-corrected chi connectivity index (χ1v) is 5.45. The molecule has 3 heteroatoms. The topological polar surface area (TPSA) is 30.2 Å². The van der Waals surface area contributed by atoms with Gasteiger partial charge in [-0.05, 0) is 36.6 Å². The van der Waals surface area contributed by atoms with Crippen molar-refractivity contribution in [1.29, 1.82) is 0 Å². The fourth-order valence-corrected chi connectivity index (χ4v) is 2.16. The zero-order chi connectivity index (χ0) is 9.97. The lowest BCUT2D eigenvalue weighted by Gasteiger charge is -2.18. The first kappa shape index (κ1) is 9.78. The van der Waals surface area contributed by atoms with Gasteiger partial charge in [0.05, 0.1) is 0 Å². The largest absolute Gasteiger partial charge is 0.442 e. The van der Waals surface area contributed by atoms with Gasteiger partial charge in [0.2, 0.25) is 5.78 Å². The number of hydrogen-bond acceptors (Lipinski definition) is 2. The molecule has 1 aliphatic carbocycles. The van der Waals surface area contributed by atoms with Crippen LogP contribution >= 0.6 is 11.6 Å². The highest BCUT2D eigenvalue weighted by Crippen LogP contribution is 2.28. The van der Waals surface area contributed by atoms with E-state index in [1.54, 1.807) is 12.1 Å². The summed E-state index contributed by atoms with van der Waals surface area (Å²) in [6.45, 7) is 0. The van der Waals surface area contributed by atoms with E-state index in [2.05, 4.69) is 0 Å². The van der Waals surface area contributed by atoms with E-state index in [-0.39, 0.29) is 11.7 Å². The minimum atomic E-state index is 0.122. The van der Waals surface area contributed by atoms with Gasteiger partial charge < -0.3 is 4.42 Å². The van der Waals surface area contributed by atoms with Gasteiger partial charge in [0.1, 0.15) is 0 Å². The lowest BCUT2D eigenvalue weighted by molar-refractivity contribution is 0.0861. The van der Waals surface area contributed by atoms with Gasteiger partial charge in [0.15, 0.2) is 11.0 Å². The van der Waals surface area contributed by atoms with Gasteiger partial charge in [-0.25, -0.2) is 0 Å². The first-order chi connectivity index (χ1) is 6.77. The second-order valence-corrected chi connectivity index (χ2v) is 4.18. The summed E-state index contributed by atoms with van der Waals surface area (Å²) in [6, 6.07) is 3.29. The van der Waals surface area contributed by atoms with Crippen molar-refractivity contribution >= 4 is 17.4 Å². The van der Waals surface area contributed by atoms with Crippen LogP contribution < -0.4 is 0 Å². The number of Topliss-reactive ketones (excluding diaryl/α,β-unsaturated/α-hetero) is 1. The summed E-state index contributed by atoms with van der Waals surface area (Å²) in [4.78, 5) is 11.9. The number of hydrogen-bond donors (Lipinski definition) is 0. The van der Waals surface area contributed by atoms with Crippen molar-refractivity contribution in [3.8, 4) is 0 Å². The molecule has 1 aromatic heterocycles. The van der Waals surface area contributed by atoms with Crippen molar-refractivity contribution in [3.05, 3.63) is 23.1 Å². The fourth-order valence-electron chi connectivity index (χ4n) is 2.01.